The Labute approximate surface area is 109 Å². The number of aliphatic hydroxyl groups is 1. The highest BCUT2D eigenvalue weighted by molar-refractivity contribution is 5.46. The number of nitrogens with one attached hydrogen (secondary N) is 1. The van der Waals surface area contributed by atoms with Gasteiger partial charge in [-0.1, -0.05) is 6.92 Å². The number of benzene rings is 1. The van der Waals surface area contributed by atoms with Crippen LogP contribution in [0.3, 0.4) is 0 Å². The lowest BCUT2D eigenvalue weighted by molar-refractivity contribution is 0.244. The molecule has 1 aromatic rings. The van der Waals surface area contributed by atoms with Crippen LogP contribution in [0.5, 0.6) is 0 Å². The first kappa shape index (κ1) is 14.9. The SMILES string of the molecule is CCCNC(CO)CN(CC)c1ccc(F)cc1. The van der Waals surface area contributed by atoms with Crippen LogP contribution < -0.4 is 10.2 Å². The summed E-state index contributed by atoms with van der Waals surface area (Å²) in [5, 5.41) is 12.6. The molecule has 0 bridgehead atoms. The summed E-state index contributed by atoms with van der Waals surface area (Å²) in [7, 11) is 0. The van der Waals surface area contributed by atoms with Gasteiger partial charge < -0.3 is 15.3 Å². The van der Waals surface area contributed by atoms with Crippen LogP contribution in [0.2, 0.25) is 0 Å². The Balaban J connectivity index is 2.62. The van der Waals surface area contributed by atoms with Gasteiger partial charge in [-0.2, -0.15) is 0 Å². The van der Waals surface area contributed by atoms with Crippen molar-refractivity contribution in [1.29, 1.82) is 0 Å². The summed E-state index contributed by atoms with van der Waals surface area (Å²) in [5.74, 6) is -0.224. The normalized spacial score (nSPS) is 12.4. The maximum atomic E-state index is 12.9. The van der Waals surface area contributed by atoms with Gasteiger partial charge in [0.05, 0.1) is 6.61 Å². The largest absolute Gasteiger partial charge is 0.395 e. The molecule has 4 heteroatoms. The molecule has 2 N–H and O–H groups in total. The zero-order valence-corrected chi connectivity index (χ0v) is 11.2. The van der Waals surface area contributed by atoms with Gasteiger partial charge in [0.25, 0.3) is 0 Å². The molecule has 0 saturated carbocycles. The highest BCUT2D eigenvalue weighted by Crippen LogP contribution is 2.14. The van der Waals surface area contributed by atoms with Crippen molar-refractivity contribution in [1.82, 2.24) is 5.32 Å². The van der Waals surface area contributed by atoms with Gasteiger partial charge in [0.2, 0.25) is 0 Å². The average Bonchev–Trinajstić information content (AvgIpc) is 2.40. The molecule has 1 aromatic carbocycles. The number of likely N-dealkylation sites (N-methyl/N-ethyl adjacent to an activating group) is 1. The Morgan fingerprint density at radius 2 is 1.94 bits per heavy atom. The monoisotopic (exact) mass is 254 g/mol. The lowest BCUT2D eigenvalue weighted by Gasteiger charge is -2.28. The van der Waals surface area contributed by atoms with Crippen LogP contribution in [0.25, 0.3) is 0 Å². The average molecular weight is 254 g/mol. The molecule has 0 fully saturated rings. The van der Waals surface area contributed by atoms with Crippen molar-refractivity contribution < 1.29 is 9.50 Å². The van der Waals surface area contributed by atoms with Crippen molar-refractivity contribution in [2.45, 2.75) is 26.3 Å². The van der Waals surface area contributed by atoms with Gasteiger partial charge in [0.1, 0.15) is 5.82 Å². The molecule has 0 heterocycles. The molecule has 1 rings (SSSR count). The fourth-order valence-electron chi connectivity index (χ4n) is 1.87. The van der Waals surface area contributed by atoms with Crippen molar-refractivity contribution in [3.63, 3.8) is 0 Å². The van der Waals surface area contributed by atoms with Gasteiger partial charge in [-0.25, -0.2) is 4.39 Å². The summed E-state index contributed by atoms with van der Waals surface area (Å²) in [6.45, 7) is 6.70. The maximum Gasteiger partial charge on any atom is 0.123 e. The third kappa shape index (κ3) is 4.63. The van der Waals surface area contributed by atoms with E-state index in [9.17, 15) is 9.50 Å². The molecule has 1 unspecified atom stereocenters. The van der Waals surface area contributed by atoms with Crippen molar-refractivity contribution in [3.05, 3.63) is 30.1 Å². The second-order valence-electron chi connectivity index (χ2n) is 4.35. The molecule has 18 heavy (non-hydrogen) atoms. The molecule has 0 aliphatic carbocycles. The van der Waals surface area contributed by atoms with Crippen LogP contribution >= 0.6 is 0 Å². The number of halogens is 1. The van der Waals surface area contributed by atoms with Crippen LogP contribution in [0, 0.1) is 5.82 Å². The summed E-state index contributed by atoms with van der Waals surface area (Å²) in [6.07, 6.45) is 1.04. The Morgan fingerprint density at radius 3 is 2.44 bits per heavy atom. The van der Waals surface area contributed by atoms with Gasteiger partial charge in [0.15, 0.2) is 0 Å². The summed E-state index contributed by atoms with van der Waals surface area (Å²) in [6, 6.07) is 6.52. The molecule has 0 aromatic heterocycles. The van der Waals surface area contributed by atoms with Crippen molar-refractivity contribution >= 4 is 5.69 Å². The van der Waals surface area contributed by atoms with Crippen LogP contribution in [0.1, 0.15) is 20.3 Å². The van der Waals surface area contributed by atoms with E-state index >= 15 is 0 Å². The molecule has 0 aliphatic rings. The number of hydrogen-bond acceptors (Lipinski definition) is 3. The number of aliphatic hydroxyl groups excluding tert-OH is 1. The topological polar surface area (TPSA) is 35.5 Å². The molecule has 0 aliphatic heterocycles. The lowest BCUT2D eigenvalue weighted by Crippen LogP contribution is -2.43. The fourth-order valence-corrected chi connectivity index (χ4v) is 1.87. The smallest absolute Gasteiger partial charge is 0.123 e. The van der Waals surface area contributed by atoms with E-state index in [0.29, 0.717) is 0 Å². The summed E-state index contributed by atoms with van der Waals surface area (Å²) < 4.78 is 12.9. The van der Waals surface area contributed by atoms with Gasteiger partial charge >= 0.3 is 0 Å². The predicted octanol–water partition coefficient (Wildman–Crippen LogP) is 2.01. The Morgan fingerprint density at radius 1 is 1.28 bits per heavy atom. The minimum Gasteiger partial charge on any atom is -0.395 e. The summed E-state index contributed by atoms with van der Waals surface area (Å²) in [5.41, 5.74) is 0.982. The van der Waals surface area contributed by atoms with Crippen LogP contribution in [0.4, 0.5) is 10.1 Å². The number of hydrogen-bond donors (Lipinski definition) is 2. The van der Waals surface area contributed by atoms with E-state index < -0.39 is 0 Å². The van der Waals surface area contributed by atoms with E-state index in [2.05, 4.69) is 24.1 Å². The first-order chi connectivity index (χ1) is 8.71. The number of rotatable bonds is 8. The highest BCUT2D eigenvalue weighted by atomic mass is 19.1. The number of anilines is 1. The predicted molar refractivity (Wildman–Crippen MR) is 73.5 cm³/mol. The van der Waals surface area contributed by atoms with E-state index in [0.717, 1.165) is 31.7 Å². The standard InChI is InChI=1S/C14H23FN2O/c1-3-9-16-13(11-18)10-17(4-2)14-7-5-12(15)6-8-14/h5-8,13,16,18H,3-4,9-11H2,1-2H3. The van der Waals surface area contributed by atoms with Crippen molar-refractivity contribution in [3.8, 4) is 0 Å². The molecule has 1 atom stereocenters. The minimum atomic E-state index is -0.224. The molecule has 3 nitrogen and oxygen atoms in total. The van der Waals surface area contributed by atoms with Crippen LogP contribution in [-0.2, 0) is 0 Å². The van der Waals surface area contributed by atoms with Crippen molar-refractivity contribution in [2.24, 2.45) is 0 Å². The molecular formula is C14H23FN2O. The van der Waals surface area contributed by atoms with E-state index in [1.165, 1.54) is 12.1 Å². The van der Waals surface area contributed by atoms with Gasteiger partial charge in [-0.15, -0.1) is 0 Å². The second kappa shape index (κ2) is 8.06. The molecule has 102 valence electrons. The second-order valence-corrected chi connectivity index (χ2v) is 4.35. The Bertz CT molecular complexity index is 329. The van der Waals surface area contributed by atoms with Crippen molar-refractivity contribution in [2.75, 3.05) is 31.1 Å². The third-order valence-electron chi connectivity index (χ3n) is 2.92. The van der Waals surface area contributed by atoms with Gasteiger partial charge in [-0.3, -0.25) is 0 Å². The maximum absolute atomic E-state index is 12.9. The molecule has 0 radical (unpaired) electrons. The minimum absolute atomic E-state index is 0.0509. The first-order valence-corrected chi connectivity index (χ1v) is 6.56. The van der Waals surface area contributed by atoms with E-state index in [4.69, 9.17) is 0 Å². The van der Waals surface area contributed by atoms with E-state index in [1.807, 2.05) is 0 Å². The molecule has 0 amide bonds. The zero-order valence-electron chi connectivity index (χ0n) is 11.2. The van der Waals surface area contributed by atoms with E-state index in [1.54, 1.807) is 12.1 Å². The number of nitrogens with zero attached hydrogens (tertiary/aromatic N) is 1. The fraction of sp³-hybridized carbons (Fsp3) is 0.571. The van der Waals surface area contributed by atoms with Crippen LogP contribution in [-0.4, -0.2) is 37.4 Å². The van der Waals surface area contributed by atoms with E-state index in [-0.39, 0.29) is 18.5 Å². The first-order valence-electron chi connectivity index (χ1n) is 6.56. The lowest BCUT2D eigenvalue weighted by atomic mass is 10.2. The van der Waals surface area contributed by atoms with Gasteiger partial charge in [0, 0.05) is 24.8 Å². The molecular weight excluding hydrogens is 231 g/mol. The quantitative estimate of drug-likeness (QED) is 0.745. The molecule has 0 spiro atoms. The van der Waals surface area contributed by atoms with Gasteiger partial charge in [-0.05, 0) is 44.2 Å². The molecule has 0 saturated heterocycles. The Hall–Kier alpha value is -1.13. The highest BCUT2D eigenvalue weighted by Gasteiger charge is 2.12. The summed E-state index contributed by atoms with van der Waals surface area (Å²) >= 11 is 0. The zero-order chi connectivity index (χ0) is 13.4. The summed E-state index contributed by atoms with van der Waals surface area (Å²) in [4.78, 5) is 2.13. The third-order valence-corrected chi connectivity index (χ3v) is 2.92. The Kier molecular flexibility index (Phi) is 6.68. The van der Waals surface area contributed by atoms with Crippen LogP contribution in [0.15, 0.2) is 24.3 Å².